The Kier molecular flexibility index (Phi) is 5.39. The van der Waals surface area contributed by atoms with Gasteiger partial charge in [0.05, 0.1) is 17.8 Å². The monoisotopic (exact) mass is 368 g/mol. The number of ether oxygens (including phenoxy) is 1. The van der Waals surface area contributed by atoms with Crippen LogP contribution >= 0.6 is 11.6 Å². The highest BCUT2D eigenvalue weighted by atomic mass is 35.5. The van der Waals surface area contributed by atoms with E-state index < -0.39 is 0 Å². The molecule has 0 aliphatic rings. The fourth-order valence-electron chi connectivity index (χ4n) is 2.49. The predicted octanol–water partition coefficient (Wildman–Crippen LogP) is 4.36. The second kappa shape index (κ2) is 7.89. The molecule has 2 N–H and O–H groups in total. The van der Waals surface area contributed by atoms with Crippen molar-refractivity contribution in [1.82, 2.24) is 5.43 Å². The van der Waals surface area contributed by atoms with E-state index in [0.717, 1.165) is 10.8 Å². The molecule has 0 fully saturated rings. The summed E-state index contributed by atoms with van der Waals surface area (Å²) < 4.78 is 5.31. The van der Waals surface area contributed by atoms with E-state index in [1.54, 1.807) is 19.1 Å². The summed E-state index contributed by atoms with van der Waals surface area (Å²) in [4.78, 5) is 12.3. The molecule has 1 amide bonds. The largest absolute Gasteiger partial charge is 0.503 e. The number of aromatic hydroxyl groups is 1. The Bertz CT molecular complexity index is 986. The maximum Gasteiger partial charge on any atom is 0.271 e. The van der Waals surface area contributed by atoms with Crippen molar-refractivity contribution in [3.8, 4) is 11.5 Å². The number of benzene rings is 3. The first-order chi connectivity index (χ1) is 12.6. The molecular formula is C20H17ClN2O3. The standard InChI is InChI=1S/C20H17ClN2O3/c1-2-26-18-10-13(9-17(21)19(18)24)12-22-23-20(25)16-8-7-14-5-3-4-6-15(14)11-16/h3-12,24H,2H2,1H3,(H,23,25)/b22-12-. The number of carbonyl (C=O) groups excluding carboxylic acids is 1. The normalized spacial score (nSPS) is 11.0. The zero-order chi connectivity index (χ0) is 18.5. The van der Waals surface area contributed by atoms with Crippen molar-refractivity contribution in [2.75, 3.05) is 6.61 Å². The Labute approximate surface area is 155 Å². The van der Waals surface area contributed by atoms with E-state index in [2.05, 4.69) is 10.5 Å². The van der Waals surface area contributed by atoms with Gasteiger partial charge in [-0.05, 0) is 47.5 Å². The molecule has 132 valence electrons. The quantitative estimate of drug-likeness (QED) is 0.519. The highest BCUT2D eigenvalue weighted by molar-refractivity contribution is 6.32. The summed E-state index contributed by atoms with van der Waals surface area (Å²) >= 11 is 5.97. The van der Waals surface area contributed by atoms with Gasteiger partial charge >= 0.3 is 0 Å². The van der Waals surface area contributed by atoms with Crippen LogP contribution in [0.25, 0.3) is 10.8 Å². The van der Waals surface area contributed by atoms with Crippen LogP contribution in [-0.4, -0.2) is 23.8 Å². The number of nitrogens with one attached hydrogen (secondary N) is 1. The van der Waals surface area contributed by atoms with Crippen molar-refractivity contribution in [3.05, 3.63) is 70.7 Å². The molecule has 0 unspecified atom stereocenters. The summed E-state index contributed by atoms with van der Waals surface area (Å²) in [6.07, 6.45) is 1.44. The number of hydrazone groups is 1. The Hall–Kier alpha value is -3.05. The summed E-state index contributed by atoms with van der Waals surface area (Å²) in [6.45, 7) is 2.20. The van der Waals surface area contributed by atoms with Crippen LogP contribution in [0.1, 0.15) is 22.8 Å². The number of amides is 1. The van der Waals surface area contributed by atoms with Crippen molar-refractivity contribution < 1.29 is 14.6 Å². The Balaban J connectivity index is 1.74. The SMILES string of the molecule is CCOc1cc(/C=N\NC(=O)c2ccc3ccccc3c2)cc(Cl)c1O. The summed E-state index contributed by atoms with van der Waals surface area (Å²) in [5.41, 5.74) is 3.59. The molecule has 0 aromatic heterocycles. The minimum absolute atomic E-state index is 0.120. The number of phenolic OH excluding ortho intramolecular Hbond substituents is 1. The van der Waals surface area contributed by atoms with Crippen LogP contribution in [-0.2, 0) is 0 Å². The van der Waals surface area contributed by atoms with Gasteiger partial charge < -0.3 is 9.84 Å². The van der Waals surface area contributed by atoms with E-state index in [0.29, 0.717) is 17.7 Å². The van der Waals surface area contributed by atoms with Crippen molar-refractivity contribution in [2.45, 2.75) is 6.92 Å². The van der Waals surface area contributed by atoms with Crippen LogP contribution in [0.5, 0.6) is 11.5 Å². The van der Waals surface area contributed by atoms with Gasteiger partial charge in [0.1, 0.15) is 0 Å². The molecule has 0 bridgehead atoms. The van der Waals surface area contributed by atoms with Gasteiger partial charge in [-0.25, -0.2) is 5.43 Å². The molecule has 0 radical (unpaired) electrons. The molecule has 0 aliphatic carbocycles. The number of hydrogen-bond donors (Lipinski definition) is 2. The molecule has 0 saturated heterocycles. The third-order valence-electron chi connectivity index (χ3n) is 3.74. The second-order valence-corrected chi connectivity index (χ2v) is 5.95. The smallest absolute Gasteiger partial charge is 0.271 e. The molecule has 0 spiro atoms. The zero-order valence-corrected chi connectivity index (χ0v) is 14.8. The second-order valence-electron chi connectivity index (χ2n) is 5.54. The lowest BCUT2D eigenvalue weighted by atomic mass is 10.1. The highest BCUT2D eigenvalue weighted by Gasteiger charge is 2.09. The minimum atomic E-state index is -0.318. The molecule has 6 heteroatoms. The van der Waals surface area contributed by atoms with Gasteiger partial charge in [-0.15, -0.1) is 0 Å². The lowest BCUT2D eigenvalue weighted by Crippen LogP contribution is -2.17. The third-order valence-corrected chi connectivity index (χ3v) is 4.03. The van der Waals surface area contributed by atoms with Gasteiger partial charge in [-0.2, -0.15) is 5.10 Å². The number of hydrogen-bond acceptors (Lipinski definition) is 4. The van der Waals surface area contributed by atoms with E-state index in [1.807, 2.05) is 36.4 Å². The number of rotatable bonds is 5. The fraction of sp³-hybridized carbons (Fsp3) is 0.100. The van der Waals surface area contributed by atoms with Crippen LogP contribution in [0.3, 0.4) is 0 Å². The van der Waals surface area contributed by atoms with Crippen LogP contribution in [0.15, 0.2) is 59.7 Å². The minimum Gasteiger partial charge on any atom is -0.503 e. The fourth-order valence-corrected chi connectivity index (χ4v) is 2.71. The van der Waals surface area contributed by atoms with Crippen LogP contribution in [0.4, 0.5) is 0 Å². The molecule has 3 aromatic carbocycles. The van der Waals surface area contributed by atoms with Gasteiger partial charge in [0.25, 0.3) is 5.91 Å². The number of halogens is 1. The maximum atomic E-state index is 12.3. The average molecular weight is 369 g/mol. The third kappa shape index (κ3) is 3.95. The molecule has 5 nitrogen and oxygen atoms in total. The first-order valence-corrected chi connectivity index (χ1v) is 8.44. The Morgan fingerprint density at radius 1 is 1.19 bits per heavy atom. The number of phenols is 1. The van der Waals surface area contributed by atoms with Gasteiger partial charge in [0, 0.05) is 5.56 Å². The summed E-state index contributed by atoms with van der Waals surface area (Å²) in [5, 5.41) is 16.0. The average Bonchev–Trinajstić information content (AvgIpc) is 2.65. The number of fused-ring (bicyclic) bond motifs is 1. The maximum absolute atomic E-state index is 12.3. The molecule has 0 saturated carbocycles. The molecule has 0 atom stereocenters. The summed E-state index contributed by atoms with van der Waals surface area (Å²) in [5.74, 6) is -0.171. The molecule has 0 aliphatic heterocycles. The number of carbonyl (C=O) groups is 1. The molecule has 0 heterocycles. The first-order valence-electron chi connectivity index (χ1n) is 8.06. The lowest BCUT2D eigenvalue weighted by molar-refractivity contribution is 0.0955. The van der Waals surface area contributed by atoms with Gasteiger partial charge in [0.15, 0.2) is 11.5 Å². The van der Waals surface area contributed by atoms with Crippen molar-refractivity contribution >= 4 is 34.5 Å². The van der Waals surface area contributed by atoms with Gasteiger partial charge in [-0.3, -0.25) is 4.79 Å². The van der Waals surface area contributed by atoms with E-state index in [-0.39, 0.29) is 22.4 Å². The van der Waals surface area contributed by atoms with Gasteiger partial charge in [0.2, 0.25) is 0 Å². The molecule has 3 rings (SSSR count). The van der Waals surface area contributed by atoms with E-state index in [9.17, 15) is 9.90 Å². The Morgan fingerprint density at radius 2 is 1.96 bits per heavy atom. The zero-order valence-electron chi connectivity index (χ0n) is 14.1. The predicted molar refractivity (Wildman–Crippen MR) is 103 cm³/mol. The topological polar surface area (TPSA) is 70.9 Å². The lowest BCUT2D eigenvalue weighted by Gasteiger charge is -2.08. The summed E-state index contributed by atoms with van der Waals surface area (Å²) in [6, 6.07) is 16.4. The van der Waals surface area contributed by atoms with Crippen molar-refractivity contribution in [1.29, 1.82) is 0 Å². The molecule has 3 aromatic rings. The van der Waals surface area contributed by atoms with Gasteiger partial charge in [-0.1, -0.05) is 41.9 Å². The Morgan fingerprint density at radius 3 is 2.73 bits per heavy atom. The first kappa shape index (κ1) is 17.8. The van der Waals surface area contributed by atoms with Crippen molar-refractivity contribution in [2.24, 2.45) is 5.10 Å². The van der Waals surface area contributed by atoms with E-state index in [4.69, 9.17) is 16.3 Å². The summed E-state index contributed by atoms with van der Waals surface area (Å²) in [7, 11) is 0. The van der Waals surface area contributed by atoms with Crippen molar-refractivity contribution in [3.63, 3.8) is 0 Å². The highest BCUT2D eigenvalue weighted by Crippen LogP contribution is 2.34. The molecular weight excluding hydrogens is 352 g/mol. The molecule has 26 heavy (non-hydrogen) atoms. The van der Waals surface area contributed by atoms with Crippen LogP contribution in [0.2, 0.25) is 5.02 Å². The van der Waals surface area contributed by atoms with Crippen LogP contribution in [0, 0.1) is 0 Å². The van der Waals surface area contributed by atoms with Crippen LogP contribution < -0.4 is 10.2 Å². The number of nitrogens with zero attached hydrogens (tertiary/aromatic N) is 1. The van der Waals surface area contributed by atoms with E-state index in [1.165, 1.54) is 12.3 Å². The van der Waals surface area contributed by atoms with E-state index >= 15 is 0 Å².